The highest BCUT2D eigenvalue weighted by molar-refractivity contribution is 5.82. The molecule has 0 aromatic carbocycles. The number of nitrogens with one attached hydrogen (secondary N) is 1. The fraction of sp³-hybridized carbons (Fsp3) is 0.750. The van der Waals surface area contributed by atoms with E-state index in [0.29, 0.717) is 19.5 Å². The van der Waals surface area contributed by atoms with Crippen LogP contribution in [0.5, 0.6) is 0 Å². The maximum absolute atomic E-state index is 11.3. The molecular formula is C8H15N5O3. The quantitative estimate of drug-likeness (QED) is 0.233. The molecule has 0 spiro atoms. The van der Waals surface area contributed by atoms with Crippen molar-refractivity contribution < 1.29 is 14.7 Å². The van der Waals surface area contributed by atoms with Gasteiger partial charge in [0, 0.05) is 24.4 Å². The summed E-state index contributed by atoms with van der Waals surface area (Å²) in [4.78, 5) is 24.0. The summed E-state index contributed by atoms with van der Waals surface area (Å²) in [6, 6.07) is -0.810. The zero-order chi connectivity index (χ0) is 12.4. The largest absolute Gasteiger partial charge is 0.481 e. The van der Waals surface area contributed by atoms with Gasteiger partial charge in [0.2, 0.25) is 5.91 Å². The molecule has 1 atom stereocenters. The molecule has 0 heterocycles. The summed E-state index contributed by atoms with van der Waals surface area (Å²) in [6.45, 7) is 0.666. The van der Waals surface area contributed by atoms with Gasteiger partial charge in [-0.25, -0.2) is 0 Å². The minimum atomic E-state index is -0.980. The molecule has 8 nitrogen and oxygen atoms in total. The van der Waals surface area contributed by atoms with E-state index >= 15 is 0 Å². The minimum Gasteiger partial charge on any atom is -0.481 e. The third-order valence-corrected chi connectivity index (χ3v) is 1.80. The van der Waals surface area contributed by atoms with Gasteiger partial charge in [-0.2, -0.15) is 0 Å². The Morgan fingerprint density at radius 2 is 2.25 bits per heavy atom. The fourth-order valence-electron chi connectivity index (χ4n) is 0.947. The van der Waals surface area contributed by atoms with Crippen molar-refractivity contribution in [1.82, 2.24) is 5.32 Å². The van der Waals surface area contributed by atoms with E-state index in [9.17, 15) is 9.59 Å². The van der Waals surface area contributed by atoms with Gasteiger partial charge in [0.25, 0.3) is 0 Å². The second-order valence-electron chi connectivity index (χ2n) is 3.14. The number of nitrogens with two attached hydrogens (primary N) is 1. The minimum absolute atomic E-state index is 0.109. The Hall–Kier alpha value is -1.79. The number of aliphatic carboxylic acids is 1. The summed E-state index contributed by atoms with van der Waals surface area (Å²) in [5, 5.41) is 14.2. The lowest BCUT2D eigenvalue weighted by atomic mass is 10.1. The molecule has 90 valence electrons. The van der Waals surface area contributed by atoms with Crippen molar-refractivity contribution in [3.63, 3.8) is 0 Å². The second kappa shape index (κ2) is 8.51. The summed E-state index contributed by atoms with van der Waals surface area (Å²) >= 11 is 0. The molecule has 0 aliphatic carbocycles. The highest BCUT2D eigenvalue weighted by Crippen LogP contribution is 1.94. The Bertz CT molecular complexity index is 287. The van der Waals surface area contributed by atoms with Crippen LogP contribution in [0.1, 0.15) is 19.3 Å². The number of rotatable bonds is 8. The van der Waals surface area contributed by atoms with Gasteiger partial charge < -0.3 is 16.2 Å². The zero-order valence-corrected chi connectivity index (χ0v) is 8.80. The van der Waals surface area contributed by atoms with Crippen molar-refractivity contribution in [1.29, 1.82) is 0 Å². The first-order chi connectivity index (χ1) is 7.57. The van der Waals surface area contributed by atoms with Crippen molar-refractivity contribution in [2.24, 2.45) is 10.8 Å². The maximum atomic E-state index is 11.3. The van der Waals surface area contributed by atoms with E-state index in [1.165, 1.54) is 0 Å². The molecule has 0 bridgehead atoms. The Balaban J connectivity index is 3.62. The molecule has 8 heteroatoms. The highest BCUT2D eigenvalue weighted by atomic mass is 16.4. The van der Waals surface area contributed by atoms with Crippen LogP contribution in [0.3, 0.4) is 0 Å². The number of azide groups is 1. The molecule has 1 unspecified atom stereocenters. The first-order valence-electron chi connectivity index (χ1n) is 4.84. The average molecular weight is 229 g/mol. The zero-order valence-electron chi connectivity index (χ0n) is 8.80. The normalized spacial score (nSPS) is 11.3. The van der Waals surface area contributed by atoms with Crippen LogP contribution in [-0.4, -0.2) is 36.1 Å². The van der Waals surface area contributed by atoms with Crippen molar-refractivity contribution in [2.45, 2.75) is 25.3 Å². The van der Waals surface area contributed by atoms with Crippen LogP contribution in [0.15, 0.2) is 5.11 Å². The lowest BCUT2D eigenvalue weighted by Gasteiger charge is -2.10. The highest BCUT2D eigenvalue weighted by Gasteiger charge is 2.13. The van der Waals surface area contributed by atoms with Crippen LogP contribution in [0.2, 0.25) is 0 Å². The molecule has 0 radical (unpaired) electrons. The number of amides is 1. The first kappa shape index (κ1) is 14.2. The van der Waals surface area contributed by atoms with Crippen LogP contribution in [0.4, 0.5) is 0 Å². The smallest absolute Gasteiger partial charge is 0.303 e. The predicted octanol–water partition coefficient (Wildman–Crippen LogP) is -0.00490. The van der Waals surface area contributed by atoms with Crippen LogP contribution in [0.25, 0.3) is 10.4 Å². The molecule has 1 amide bonds. The van der Waals surface area contributed by atoms with E-state index in [0.717, 1.165) is 0 Å². The van der Waals surface area contributed by atoms with Gasteiger partial charge >= 0.3 is 5.97 Å². The van der Waals surface area contributed by atoms with Crippen molar-refractivity contribution >= 4 is 11.9 Å². The summed E-state index contributed by atoms with van der Waals surface area (Å²) in [5.41, 5.74) is 13.4. The Labute approximate surface area is 92.4 Å². The van der Waals surface area contributed by atoms with Gasteiger partial charge in [0.05, 0.1) is 6.04 Å². The van der Waals surface area contributed by atoms with E-state index in [1.807, 2.05) is 0 Å². The molecule has 16 heavy (non-hydrogen) atoms. The van der Waals surface area contributed by atoms with Gasteiger partial charge in [-0.1, -0.05) is 5.11 Å². The Morgan fingerprint density at radius 3 is 2.81 bits per heavy atom. The molecule has 0 saturated heterocycles. The van der Waals surface area contributed by atoms with Crippen LogP contribution >= 0.6 is 0 Å². The first-order valence-corrected chi connectivity index (χ1v) is 4.84. The molecule has 0 rings (SSSR count). The lowest BCUT2D eigenvalue weighted by Crippen LogP contribution is -2.41. The average Bonchev–Trinajstić information content (AvgIpc) is 2.25. The van der Waals surface area contributed by atoms with Crippen LogP contribution < -0.4 is 11.1 Å². The molecule has 0 aromatic rings. The standard InChI is InChI=1S/C8H15N5O3/c9-6(2-3-7(14)15)8(16)11-4-1-5-12-13-10/h6H,1-5,9H2,(H,11,16)(H,14,15). The molecule has 4 N–H and O–H groups in total. The molecular weight excluding hydrogens is 214 g/mol. The third-order valence-electron chi connectivity index (χ3n) is 1.80. The van der Waals surface area contributed by atoms with Gasteiger partial charge in [-0.3, -0.25) is 9.59 Å². The van der Waals surface area contributed by atoms with Crippen LogP contribution in [0, 0.1) is 0 Å². The topological polar surface area (TPSA) is 141 Å². The molecule has 0 aromatic heterocycles. The predicted molar refractivity (Wildman–Crippen MR) is 56.5 cm³/mol. The van der Waals surface area contributed by atoms with E-state index in [2.05, 4.69) is 15.3 Å². The second-order valence-corrected chi connectivity index (χ2v) is 3.14. The molecule has 0 saturated carbocycles. The monoisotopic (exact) mass is 229 g/mol. The van der Waals surface area contributed by atoms with Gasteiger partial charge in [0.1, 0.15) is 0 Å². The van der Waals surface area contributed by atoms with Gasteiger partial charge in [-0.15, -0.1) is 0 Å². The van der Waals surface area contributed by atoms with Crippen molar-refractivity contribution in [3.8, 4) is 0 Å². The van der Waals surface area contributed by atoms with Gasteiger partial charge in [-0.05, 0) is 18.4 Å². The van der Waals surface area contributed by atoms with Gasteiger partial charge in [0.15, 0.2) is 0 Å². The molecule has 0 fully saturated rings. The number of hydrogen-bond donors (Lipinski definition) is 3. The van der Waals surface area contributed by atoms with Crippen molar-refractivity contribution in [2.75, 3.05) is 13.1 Å². The van der Waals surface area contributed by atoms with Crippen LogP contribution in [-0.2, 0) is 9.59 Å². The van der Waals surface area contributed by atoms with E-state index in [1.54, 1.807) is 0 Å². The van der Waals surface area contributed by atoms with E-state index in [4.69, 9.17) is 16.4 Å². The molecule has 0 aliphatic rings. The fourth-order valence-corrected chi connectivity index (χ4v) is 0.947. The summed E-state index contributed by atoms with van der Waals surface area (Å²) in [5.74, 6) is -1.37. The number of nitrogens with zero attached hydrogens (tertiary/aromatic N) is 3. The SMILES string of the molecule is [N-]=[N+]=NCCCNC(=O)C(N)CCC(=O)O. The number of carboxylic acids is 1. The maximum Gasteiger partial charge on any atom is 0.303 e. The van der Waals surface area contributed by atoms with Crippen molar-refractivity contribution in [3.05, 3.63) is 10.4 Å². The van der Waals surface area contributed by atoms with E-state index < -0.39 is 12.0 Å². The summed E-state index contributed by atoms with van der Waals surface area (Å²) in [6.07, 6.45) is 0.506. The molecule has 0 aliphatic heterocycles. The summed E-state index contributed by atoms with van der Waals surface area (Å²) in [7, 11) is 0. The Morgan fingerprint density at radius 1 is 1.56 bits per heavy atom. The summed E-state index contributed by atoms with van der Waals surface area (Å²) < 4.78 is 0. The number of hydrogen-bond acceptors (Lipinski definition) is 4. The number of carbonyl (C=O) groups is 2. The third kappa shape index (κ3) is 7.60. The van der Waals surface area contributed by atoms with E-state index in [-0.39, 0.29) is 18.7 Å². The number of carboxylic acid groups (broad SMARTS) is 1. The number of carbonyl (C=O) groups excluding carboxylic acids is 1. The Kier molecular flexibility index (Phi) is 7.56. The lowest BCUT2D eigenvalue weighted by molar-refractivity contribution is -0.137.